The molecule has 206 valence electrons. The summed E-state index contributed by atoms with van der Waals surface area (Å²) in [5.41, 5.74) is 12.5. The van der Waals surface area contributed by atoms with Gasteiger partial charge in [-0.25, -0.2) is 9.78 Å². The van der Waals surface area contributed by atoms with Gasteiger partial charge in [0, 0.05) is 31.2 Å². The Kier molecular flexibility index (Phi) is 11.4. The first-order chi connectivity index (χ1) is 18.0. The number of nitrogens with one attached hydrogen (secondary N) is 4. The van der Waals surface area contributed by atoms with Crippen LogP contribution < -0.4 is 27.4 Å². The number of amides is 4. The van der Waals surface area contributed by atoms with Crippen LogP contribution in [0, 0.1) is 5.92 Å². The summed E-state index contributed by atoms with van der Waals surface area (Å²) in [5.74, 6) is -4.42. The van der Waals surface area contributed by atoms with Crippen molar-refractivity contribution in [3.05, 3.63) is 54.1 Å². The van der Waals surface area contributed by atoms with Gasteiger partial charge in [0.15, 0.2) is 0 Å². The summed E-state index contributed by atoms with van der Waals surface area (Å²) >= 11 is 0. The van der Waals surface area contributed by atoms with Crippen LogP contribution >= 0.6 is 0 Å². The molecule has 1 aromatic heterocycles. The Morgan fingerprint density at radius 2 is 1.61 bits per heavy atom. The topological polar surface area (TPSA) is 222 Å². The van der Waals surface area contributed by atoms with Gasteiger partial charge >= 0.3 is 5.97 Å². The first-order valence-electron chi connectivity index (χ1n) is 12.2. The van der Waals surface area contributed by atoms with Gasteiger partial charge in [-0.2, -0.15) is 0 Å². The molecule has 0 spiro atoms. The van der Waals surface area contributed by atoms with Crippen molar-refractivity contribution in [2.45, 2.75) is 63.7 Å². The molecule has 13 nitrogen and oxygen atoms in total. The Hall–Kier alpha value is -4.26. The third-order valence-corrected chi connectivity index (χ3v) is 5.79. The van der Waals surface area contributed by atoms with Crippen molar-refractivity contribution in [3.8, 4) is 0 Å². The molecule has 1 aromatic carbocycles. The summed E-state index contributed by atoms with van der Waals surface area (Å²) in [6.07, 6.45) is 2.77. The number of carbonyl (C=O) groups is 5. The predicted octanol–water partition coefficient (Wildman–Crippen LogP) is -1.02. The monoisotopic (exact) mass is 529 g/mol. The van der Waals surface area contributed by atoms with Crippen LogP contribution in [0.4, 0.5) is 0 Å². The molecule has 9 N–H and O–H groups in total. The van der Waals surface area contributed by atoms with Crippen molar-refractivity contribution in [2.24, 2.45) is 17.4 Å². The molecule has 0 saturated heterocycles. The highest BCUT2D eigenvalue weighted by atomic mass is 16.4. The Morgan fingerprint density at radius 1 is 0.947 bits per heavy atom. The Morgan fingerprint density at radius 3 is 2.16 bits per heavy atom. The molecule has 4 unspecified atom stereocenters. The van der Waals surface area contributed by atoms with E-state index in [1.807, 2.05) is 0 Å². The molecule has 0 aliphatic heterocycles. The molecule has 0 aliphatic rings. The second-order valence-electron chi connectivity index (χ2n) is 9.27. The van der Waals surface area contributed by atoms with Crippen LogP contribution in [0.15, 0.2) is 42.9 Å². The number of benzene rings is 1. The molecule has 0 fully saturated rings. The average Bonchev–Trinajstić information content (AvgIpc) is 3.37. The number of rotatable bonds is 15. The minimum Gasteiger partial charge on any atom is -0.480 e. The lowest BCUT2D eigenvalue weighted by Gasteiger charge is -2.27. The van der Waals surface area contributed by atoms with Crippen LogP contribution in [-0.4, -0.2) is 68.8 Å². The number of carboxylic acids is 1. The molecule has 13 heteroatoms. The van der Waals surface area contributed by atoms with Gasteiger partial charge in [0.1, 0.15) is 18.1 Å². The fraction of sp³-hybridized carbons (Fsp3) is 0.440. The van der Waals surface area contributed by atoms with E-state index in [4.69, 9.17) is 11.5 Å². The van der Waals surface area contributed by atoms with Gasteiger partial charge in [0.25, 0.3) is 0 Å². The van der Waals surface area contributed by atoms with E-state index in [0.717, 1.165) is 0 Å². The summed E-state index contributed by atoms with van der Waals surface area (Å²) in [7, 11) is 0. The summed E-state index contributed by atoms with van der Waals surface area (Å²) in [6, 6.07) is 4.14. The Bertz CT molecular complexity index is 1090. The second-order valence-corrected chi connectivity index (χ2v) is 9.27. The molecule has 0 radical (unpaired) electrons. The highest BCUT2D eigenvalue weighted by Gasteiger charge is 2.32. The van der Waals surface area contributed by atoms with Crippen LogP contribution in [0.25, 0.3) is 0 Å². The van der Waals surface area contributed by atoms with E-state index < -0.39 is 53.8 Å². The van der Waals surface area contributed by atoms with E-state index in [1.165, 1.54) is 12.5 Å². The number of hydrogen-bond donors (Lipinski definition) is 7. The molecule has 0 aliphatic carbocycles. The number of H-pyrrole nitrogens is 1. The highest BCUT2D eigenvalue weighted by Crippen LogP contribution is 2.08. The number of aromatic amines is 1. The SMILES string of the molecule is CC(C)C(NC(=O)C(N)Cc1cnc[nH]1)C(=O)NC(CCC(N)=O)C(=O)NC(Cc1ccccc1)C(=O)O. The zero-order valence-corrected chi connectivity index (χ0v) is 21.3. The minimum atomic E-state index is -1.28. The third-order valence-electron chi connectivity index (χ3n) is 5.79. The van der Waals surface area contributed by atoms with Crippen LogP contribution in [-0.2, 0) is 36.8 Å². The van der Waals surface area contributed by atoms with Crippen molar-refractivity contribution < 1.29 is 29.1 Å². The van der Waals surface area contributed by atoms with E-state index in [2.05, 4.69) is 25.9 Å². The maximum Gasteiger partial charge on any atom is 0.326 e. The number of nitrogens with zero attached hydrogens (tertiary/aromatic N) is 1. The number of carbonyl (C=O) groups excluding carboxylic acids is 4. The molecule has 4 amide bonds. The fourth-order valence-electron chi connectivity index (χ4n) is 3.66. The van der Waals surface area contributed by atoms with Crippen molar-refractivity contribution in [1.29, 1.82) is 0 Å². The standard InChI is InChI=1S/C25H35N7O6/c1-14(2)21(32-22(34)17(26)11-16-12-28-13-29-16)24(36)30-18(8-9-20(27)33)23(35)31-19(25(37)38)10-15-6-4-3-5-7-15/h3-7,12-14,17-19,21H,8-11,26H2,1-2H3,(H2,27,33)(H,28,29)(H,30,36)(H,31,35)(H,32,34)(H,37,38). The lowest BCUT2D eigenvalue weighted by Crippen LogP contribution is -2.58. The number of primary amides is 1. The average molecular weight is 530 g/mol. The predicted molar refractivity (Wildman–Crippen MR) is 137 cm³/mol. The smallest absolute Gasteiger partial charge is 0.326 e. The van der Waals surface area contributed by atoms with Crippen molar-refractivity contribution >= 4 is 29.6 Å². The van der Waals surface area contributed by atoms with Gasteiger partial charge in [0.2, 0.25) is 23.6 Å². The number of aromatic nitrogens is 2. The zero-order valence-electron chi connectivity index (χ0n) is 21.3. The van der Waals surface area contributed by atoms with E-state index in [0.29, 0.717) is 11.3 Å². The van der Waals surface area contributed by atoms with Crippen LogP contribution in [0.1, 0.15) is 37.9 Å². The molecule has 2 aromatic rings. The van der Waals surface area contributed by atoms with E-state index >= 15 is 0 Å². The van der Waals surface area contributed by atoms with Gasteiger partial charge in [0.05, 0.1) is 12.4 Å². The van der Waals surface area contributed by atoms with Gasteiger partial charge < -0.3 is 37.5 Å². The Balaban J connectivity index is 2.11. The van der Waals surface area contributed by atoms with E-state index in [1.54, 1.807) is 44.2 Å². The van der Waals surface area contributed by atoms with E-state index in [-0.39, 0.29) is 31.6 Å². The third kappa shape index (κ3) is 9.65. The minimum absolute atomic E-state index is 0.0112. The Labute approximate surface area is 220 Å². The normalized spacial score (nSPS) is 14.1. The molecule has 0 saturated carbocycles. The van der Waals surface area contributed by atoms with Crippen molar-refractivity contribution in [2.75, 3.05) is 0 Å². The summed E-state index contributed by atoms with van der Waals surface area (Å²) in [6.45, 7) is 3.40. The first kappa shape index (κ1) is 30.0. The number of imidazole rings is 1. The fourth-order valence-corrected chi connectivity index (χ4v) is 3.66. The molecule has 0 bridgehead atoms. The zero-order chi connectivity index (χ0) is 28.2. The lowest BCUT2D eigenvalue weighted by molar-refractivity contribution is -0.142. The molecule has 1 heterocycles. The van der Waals surface area contributed by atoms with Gasteiger partial charge in [-0.15, -0.1) is 0 Å². The van der Waals surface area contributed by atoms with Crippen molar-refractivity contribution in [3.63, 3.8) is 0 Å². The second kappa shape index (κ2) is 14.5. The van der Waals surface area contributed by atoms with Crippen LogP contribution in [0.2, 0.25) is 0 Å². The number of carboxylic acid groups (broad SMARTS) is 1. The van der Waals surface area contributed by atoms with Crippen LogP contribution in [0.5, 0.6) is 0 Å². The number of aliphatic carboxylic acids is 1. The van der Waals surface area contributed by atoms with Crippen LogP contribution in [0.3, 0.4) is 0 Å². The highest BCUT2D eigenvalue weighted by molar-refractivity contribution is 5.94. The number of nitrogens with two attached hydrogens (primary N) is 2. The maximum atomic E-state index is 13.1. The van der Waals surface area contributed by atoms with Crippen molar-refractivity contribution in [1.82, 2.24) is 25.9 Å². The molecule has 4 atom stereocenters. The summed E-state index contributed by atoms with van der Waals surface area (Å²) in [5, 5.41) is 17.2. The first-order valence-corrected chi connectivity index (χ1v) is 12.2. The molecular weight excluding hydrogens is 494 g/mol. The summed E-state index contributed by atoms with van der Waals surface area (Å²) < 4.78 is 0. The quantitative estimate of drug-likeness (QED) is 0.151. The molecule has 38 heavy (non-hydrogen) atoms. The molecule has 2 rings (SSSR count). The van der Waals surface area contributed by atoms with Gasteiger partial charge in [-0.1, -0.05) is 44.2 Å². The number of hydrogen-bond acceptors (Lipinski definition) is 7. The largest absolute Gasteiger partial charge is 0.480 e. The molecular formula is C25H35N7O6. The van der Waals surface area contributed by atoms with Gasteiger partial charge in [-0.3, -0.25) is 19.2 Å². The van der Waals surface area contributed by atoms with Gasteiger partial charge in [-0.05, 0) is 17.9 Å². The summed E-state index contributed by atoms with van der Waals surface area (Å²) in [4.78, 5) is 68.7. The lowest BCUT2D eigenvalue weighted by atomic mass is 10.0. The maximum absolute atomic E-state index is 13.1. The van der Waals surface area contributed by atoms with E-state index in [9.17, 15) is 29.1 Å².